The minimum atomic E-state index is -1.01. The predicted octanol–water partition coefficient (Wildman–Crippen LogP) is 2.24. The van der Waals surface area contributed by atoms with Crippen LogP contribution in [0.2, 0.25) is 0 Å². The summed E-state index contributed by atoms with van der Waals surface area (Å²) in [5, 5.41) is 11.6. The number of rotatable bonds is 5. The summed E-state index contributed by atoms with van der Waals surface area (Å²) in [4.78, 5) is 33.8. The van der Waals surface area contributed by atoms with Crippen LogP contribution in [0.5, 0.6) is 5.75 Å². The molecule has 0 aromatic heterocycles. The van der Waals surface area contributed by atoms with Gasteiger partial charge < -0.3 is 15.2 Å². The maximum Gasteiger partial charge on any atom is 0.335 e. The Labute approximate surface area is 132 Å². The van der Waals surface area contributed by atoms with Gasteiger partial charge in [-0.1, -0.05) is 12.1 Å². The van der Waals surface area contributed by atoms with Gasteiger partial charge in [0, 0.05) is 19.0 Å². The Bertz CT molecular complexity index is 737. The molecule has 0 bridgehead atoms. The number of carbonyl (C=O) groups excluding carboxylic acids is 2. The van der Waals surface area contributed by atoms with E-state index in [0.29, 0.717) is 16.9 Å². The molecule has 0 aliphatic rings. The van der Waals surface area contributed by atoms with Gasteiger partial charge in [-0.15, -0.1) is 0 Å². The highest BCUT2D eigenvalue weighted by Crippen LogP contribution is 2.12. The van der Waals surface area contributed by atoms with Gasteiger partial charge in [0.1, 0.15) is 5.75 Å². The van der Waals surface area contributed by atoms with Crippen LogP contribution < -0.4 is 10.1 Å². The van der Waals surface area contributed by atoms with Gasteiger partial charge in [0.2, 0.25) is 0 Å². The van der Waals surface area contributed by atoms with E-state index in [9.17, 15) is 14.4 Å². The van der Waals surface area contributed by atoms with Crippen LogP contribution in [0.25, 0.3) is 0 Å². The number of aromatic carboxylic acids is 1. The summed E-state index contributed by atoms with van der Waals surface area (Å²) in [6.07, 6.45) is 0. The van der Waals surface area contributed by atoms with Crippen LogP contribution in [0.1, 0.15) is 33.2 Å². The topological polar surface area (TPSA) is 92.7 Å². The van der Waals surface area contributed by atoms with Crippen LogP contribution in [0.4, 0.5) is 0 Å². The first kappa shape index (κ1) is 16.2. The lowest BCUT2D eigenvalue weighted by molar-refractivity contribution is -0.131. The zero-order chi connectivity index (χ0) is 16.8. The molecule has 6 nitrogen and oxygen atoms in total. The van der Waals surface area contributed by atoms with Crippen LogP contribution >= 0.6 is 0 Å². The summed E-state index contributed by atoms with van der Waals surface area (Å²) in [7, 11) is 0. The quantitative estimate of drug-likeness (QED) is 0.652. The number of nitrogens with one attached hydrogen (secondary N) is 1. The van der Waals surface area contributed by atoms with E-state index in [-0.39, 0.29) is 18.0 Å². The van der Waals surface area contributed by atoms with E-state index in [1.807, 2.05) is 0 Å². The molecule has 2 aromatic rings. The number of carboxylic acid groups (broad SMARTS) is 1. The van der Waals surface area contributed by atoms with Gasteiger partial charge in [-0.05, 0) is 42.0 Å². The zero-order valence-electron chi connectivity index (χ0n) is 12.4. The summed E-state index contributed by atoms with van der Waals surface area (Å²) >= 11 is 0. The molecule has 23 heavy (non-hydrogen) atoms. The fourth-order valence-electron chi connectivity index (χ4n) is 1.94. The second-order valence-electron chi connectivity index (χ2n) is 4.81. The Morgan fingerprint density at radius 2 is 1.74 bits per heavy atom. The van der Waals surface area contributed by atoms with Crippen molar-refractivity contribution < 1.29 is 24.2 Å². The number of carbonyl (C=O) groups is 3. The molecule has 0 unspecified atom stereocenters. The smallest absolute Gasteiger partial charge is 0.335 e. The van der Waals surface area contributed by atoms with Gasteiger partial charge in [-0.2, -0.15) is 0 Å². The molecular formula is C17H15NO5. The molecule has 0 aliphatic carbocycles. The van der Waals surface area contributed by atoms with Gasteiger partial charge in [-0.25, -0.2) is 4.79 Å². The molecule has 1 amide bonds. The Morgan fingerprint density at radius 3 is 2.35 bits per heavy atom. The third-order valence-corrected chi connectivity index (χ3v) is 3.01. The summed E-state index contributed by atoms with van der Waals surface area (Å²) < 4.78 is 4.89. The molecule has 2 rings (SSSR count). The number of hydrogen-bond acceptors (Lipinski definition) is 4. The first-order valence-electron chi connectivity index (χ1n) is 6.84. The molecule has 0 aliphatic heterocycles. The minimum Gasteiger partial charge on any atom is -0.478 e. The maximum absolute atomic E-state index is 12.0. The Kier molecular flexibility index (Phi) is 5.09. The molecular weight excluding hydrogens is 298 g/mol. The fraction of sp³-hybridized carbons (Fsp3) is 0.118. The van der Waals surface area contributed by atoms with E-state index in [2.05, 4.69) is 5.32 Å². The van der Waals surface area contributed by atoms with Crippen molar-refractivity contribution in [1.29, 1.82) is 0 Å². The molecule has 6 heteroatoms. The highest BCUT2D eigenvalue weighted by molar-refractivity contribution is 5.94. The fourth-order valence-corrected chi connectivity index (χ4v) is 1.94. The van der Waals surface area contributed by atoms with Crippen molar-refractivity contribution in [3.63, 3.8) is 0 Å². The molecule has 118 valence electrons. The highest BCUT2D eigenvalue weighted by atomic mass is 16.5. The van der Waals surface area contributed by atoms with Gasteiger partial charge in [0.15, 0.2) is 0 Å². The molecule has 0 saturated heterocycles. The average molecular weight is 313 g/mol. The van der Waals surface area contributed by atoms with E-state index in [0.717, 1.165) is 0 Å². The van der Waals surface area contributed by atoms with Crippen molar-refractivity contribution in [2.24, 2.45) is 0 Å². The summed E-state index contributed by atoms with van der Waals surface area (Å²) in [6, 6.07) is 12.5. The number of hydrogen-bond donors (Lipinski definition) is 2. The van der Waals surface area contributed by atoms with Crippen LogP contribution in [-0.2, 0) is 11.3 Å². The van der Waals surface area contributed by atoms with E-state index in [1.165, 1.54) is 31.2 Å². The summed E-state index contributed by atoms with van der Waals surface area (Å²) in [6.45, 7) is 1.51. The van der Waals surface area contributed by atoms with Crippen molar-refractivity contribution in [2.75, 3.05) is 0 Å². The molecule has 0 spiro atoms. The predicted molar refractivity (Wildman–Crippen MR) is 82.3 cm³/mol. The van der Waals surface area contributed by atoms with Crippen molar-refractivity contribution in [2.45, 2.75) is 13.5 Å². The first-order chi connectivity index (χ1) is 11.0. The lowest BCUT2D eigenvalue weighted by Gasteiger charge is -2.07. The van der Waals surface area contributed by atoms with Gasteiger partial charge >= 0.3 is 11.9 Å². The average Bonchev–Trinajstić information content (AvgIpc) is 2.53. The van der Waals surface area contributed by atoms with E-state index in [4.69, 9.17) is 9.84 Å². The SMILES string of the molecule is CC(=O)Oc1ccc(C(=O)NCc2cccc(C(=O)O)c2)cc1. The molecule has 2 aromatic carbocycles. The van der Waals surface area contributed by atoms with Crippen molar-refractivity contribution in [3.05, 3.63) is 65.2 Å². The van der Waals surface area contributed by atoms with Crippen molar-refractivity contribution >= 4 is 17.8 Å². The second kappa shape index (κ2) is 7.22. The van der Waals surface area contributed by atoms with Crippen LogP contribution in [0.3, 0.4) is 0 Å². The normalized spacial score (nSPS) is 9.96. The van der Waals surface area contributed by atoms with Crippen LogP contribution in [0.15, 0.2) is 48.5 Å². The van der Waals surface area contributed by atoms with Crippen molar-refractivity contribution in [1.82, 2.24) is 5.32 Å². The number of amides is 1. The Morgan fingerprint density at radius 1 is 1.04 bits per heavy atom. The first-order valence-corrected chi connectivity index (χ1v) is 6.84. The highest BCUT2D eigenvalue weighted by Gasteiger charge is 2.08. The zero-order valence-corrected chi connectivity index (χ0v) is 12.4. The third-order valence-electron chi connectivity index (χ3n) is 3.01. The molecule has 2 N–H and O–H groups in total. The largest absolute Gasteiger partial charge is 0.478 e. The Balaban J connectivity index is 1.98. The molecule has 0 radical (unpaired) electrons. The molecule has 0 heterocycles. The standard InChI is InChI=1S/C17H15NO5/c1-11(19)23-15-7-5-13(6-8-15)16(20)18-10-12-3-2-4-14(9-12)17(21)22/h2-9H,10H2,1H3,(H,18,20)(H,21,22). The van der Waals surface area contributed by atoms with E-state index >= 15 is 0 Å². The number of ether oxygens (including phenoxy) is 1. The van der Waals surface area contributed by atoms with E-state index < -0.39 is 11.9 Å². The number of benzene rings is 2. The summed E-state index contributed by atoms with van der Waals surface area (Å²) in [5.41, 5.74) is 1.27. The Hall–Kier alpha value is -3.15. The van der Waals surface area contributed by atoms with Gasteiger partial charge in [0.25, 0.3) is 5.91 Å². The minimum absolute atomic E-state index is 0.169. The van der Waals surface area contributed by atoms with E-state index in [1.54, 1.807) is 24.3 Å². The molecule has 0 fully saturated rings. The van der Waals surface area contributed by atoms with Crippen LogP contribution in [0, 0.1) is 0 Å². The maximum atomic E-state index is 12.0. The third kappa shape index (κ3) is 4.67. The van der Waals surface area contributed by atoms with Gasteiger partial charge in [0.05, 0.1) is 5.56 Å². The molecule has 0 atom stereocenters. The lowest BCUT2D eigenvalue weighted by Crippen LogP contribution is -2.22. The monoisotopic (exact) mass is 313 g/mol. The molecule has 0 saturated carbocycles. The second-order valence-corrected chi connectivity index (χ2v) is 4.81. The number of esters is 1. The number of carboxylic acids is 1. The van der Waals surface area contributed by atoms with Crippen molar-refractivity contribution in [3.8, 4) is 5.75 Å². The summed E-state index contributed by atoms with van der Waals surface area (Å²) in [5.74, 6) is -1.39. The lowest BCUT2D eigenvalue weighted by atomic mass is 10.1. The van der Waals surface area contributed by atoms with Gasteiger partial charge in [-0.3, -0.25) is 9.59 Å². The van der Waals surface area contributed by atoms with Crippen LogP contribution in [-0.4, -0.2) is 23.0 Å².